The van der Waals surface area contributed by atoms with Gasteiger partial charge in [0, 0.05) is 27.9 Å². The molecule has 0 spiro atoms. The van der Waals surface area contributed by atoms with Gasteiger partial charge in [0.25, 0.3) is 0 Å². The number of anilines is 1. The molecule has 1 saturated carbocycles. The van der Waals surface area contributed by atoms with Gasteiger partial charge in [-0.15, -0.1) is 0 Å². The molecule has 2 amide bonds. The summed E-state index contributed by atoms with van der Waals surface area (Å²) < 4.78 is 0. The third kappa shape index (κ3) is 2.46. The number of hydrogen-bond donors (Lipinski definition) is 0. The lowest BCUT2D eigenvalue weighted by Crippen LogP contribution is -2.42. The van der Waals surface area contributed by atoms with Crippen molar-refractivity contribution >= 4 is 40.7 Å². The summed E-state index contributed by atoms with van der Waals surface area (Å²) in [5.74, 6) is -1.20. The maximum absolute atomic E-state index is 13.7. The number of imide groups is 1. The van der Waals surface area contributed by atoms with Crippen molar-refractivity contribution in [1.29, 1.82) is 5.26 Å². The van der Waals surface area contributed by atoms with Crippen LogP contribution in [0.2, 0.25) is 10.0 Å². The highest BCUT2D eigenvalue weighted by atomic mass is 35.5. The van der Waals surface area contributed by atoms with Crippen molar-refractivity contribution in [2.45, 2.75) is 12.3 Å². The van der Waals surface area contributed by atoms with Crippen LogP contribution in [0.15, 0.2) is 67.0 Å². The van der Waals surface area contributed by atoms with Crippen LogP contribution >= 0.6 is 23.2 Å². The molecular formula is C24H15Cl2N3O2. The quantitative estimate of drug-likeness (QED) is 0.542. The zero-order valence-electron chi connectivity index (χ0n) is 16.3. The van der Waals surface area contributed by atoms with E-state index in [9.17, 15) is 14.9 Å². The first-order valence-corrected chi connectivity index (χ1v) is 10.4. The molecule has 1 unspecified atom stereocenters. The van der Waals surface area contributed by atoms with Crippen molar-refractivity contribution < 1.29 is 9.59 Å². The lowest BCUT2D eigenvalue weighted by Gasteiger charge is -2.29. The minimum atomic E-state index is -0.992. The van der Waals surface area contributed by atoms with Crippen molar-refractivity contribution in [3.05, 3.63) is 93.7 Å². The van der Waals surface area contributed by atoms with Crippen LogP contribution in [0.1, 0.15) is 23.6 Å². The fourth-order valence-electron chi connectivity index (χ4n) is 5.24. The van der Waals surface area contributed by atoms with E-state index >= 15 is 0 Å². The van der Waals surface area contributed by atoms with E-state index in [0.29, 0.717) is 21.3 Å². The number of carbonyl (C=O) groups is 2. The molecule has 1 aliphatic heterocycles. The second kappa shape index (κ2) is 6.65. The van der Waals surface area contributed by atoms with Crippen molar-refractivity contribution in [2.24, 2.45) is 11.3 Å². The van der Waals surface area contributed by atoms with E-state index in [2.05, 4.69) is 11.1 Å². The Bertz CT molecular complexity index is 1270. The van der Waals surface area contributed by atoms with Crippen molar-refractivity contribution in [2.75, 3.05) is 4.90 Å². The van der Waals surface area contributed by atoms with Gasteiger partial charge < -0.3 is 0 Å². The fraction of sp³-hybridized carbons (Fsp3) is 0.167. The Morgan fingerprint density at radius 1 is 0.968 bits per heavy atom. The first-order valence-electron chi connectivity index (χ1n) is 9.61. The van der Waals surface area contributed by atoms with Crippen LogP contribution < -0.4 is 4.90 Å². The van der Waals surface area contributed by atoms with Crippen LogP contribution in [-0.2, 0) is 15.0 Å². The number of rotatable bonds is 3. The van der Waals surface area contributed by atoms with Crippen LogP contribution in [-0.4, -0.2) is 16.8 Å². The van der Waals surface area contributed by atoms with Gasteiger partial charge in [0.05, 0.1) is 28.7 Å². The molecule has 0 radical (unpaired) electrons. The Balaban J connectivity index is 1.68. The van der Waals surface area contributed by atoms with Crippen LogP contribution in [0.25, 0.3) is 0 Å². The Morgan fingerprint density at radius 2 is 1.55 bits per heavy atom. The molecular weight excluding hydrogens is 433 g/mol. The minimum Gasteiger partial charge on any atom is -0.274 e. The largest absolute Gasteiger partial charge is 0.274 e. The monoisotopic (exact) mass is 447 g/mol. The number of aromatic nitrogens is 1. The first-order chi connectivity index (χ1) is 14.9. The molecule has 7 heteroatoms. The standard InChI is InChI=1S/C24H15Cl2N3O2/c1-23-20(21(30)29(22(23)31)19-11-17(25)10-18(26)12-19)24(23,16-6-8-28-9-7-16)15-4-2-14(13-27)3-5-15/h2-12,20H,1H3/t20?,23-,24+/m0/s1. The Hall–Kier alpha value is -3.20. The lowest BCUT2D eigenvalue weighted by atomic mass is 9.79. The SMILES string of the molecule is C[C@@]12C(=O)N(c3cc(Cl)cc(Cl)c3)C(=O)C1[C@]2(c1ccncc1)c1ccc(C#N)cc1. The van der Waals surface area contributed by atoms with E-state index < -0.39 is 16.7 Å². The lowest BCUT2D eigenvalue weighted by molar-refractivity contribution is -0.125. The van der Waals surface area contributed by atoms with Crippen LogP contribution in [0.3, 0.4) is 0 Å². The number of amides is 2. The predicted octanol–water partition coefficient (Wildman–Crippen LogP) is 4.76. The van der Waals surface area contributed by atoms with E-state index in [0.717, 1.165) is 11.1 Å². The average Bonchev–Trinajstić information content (AvgIpc) is 3.28. The summed E-state index contributed by atoms with van der Waals surface area (Å²) in [7, 11) is 0. The summed E-state index contributed by atoms with van der Waals surface area (Å²) in [6.07, 6.45) is 3.31. The number of benzene rings is 2. The van der Waals surface area contributed by atoms with Crippen LogP contribution in [0.5, 0.6) is 0 Å². The zero-order chi connectivity index (χ0) is 22.0. The van der Waals surface area contributed by atoms with Gasteiger partial charge in [-0.1, -0.05) is 35.3 Å². The second-order valence-corrected chi connectivity index (χ2v) is 8.85. The Kier molecular flexibility index (Phi) is 4.23. The average molecular weight is 448 g/mol. The van der Waals surface area contributed by atoms with Crippen molar-refractivity contribution in [3.8, 4) is 6.07 Å². The highest BCUT2D eigenvalue weighted by Gasteiger charge is 2.86. The third-order valence-corrected chi connectivity index (χ3v) is 7.01. The highest BCUT2D eigenvalue weighted by molar-refractivity contribution is 6.36. The molecule has 1 aromatic heterocycles. The summed E-state index contributed by atoms with van der Waals surface area (Å²) in [6.45, 7) is 1.82. The van der Waals surface area contributed by atoms with Gasteiger partial charge in [-0.25, -0.2) is 4.90 Å². The van der Waals surface area contributed by atoms with Gasteiger partial charge in [0.15, 0.2) is 0 Å². The molecule has 2 aliphatic rings. The van der Waals surface area contributed by atoms with Gasteiger partial charge in [0.2, 0.25) is 11.8 Å². The molecule has 2 fully saturated rings. The number of fused-ring (bicyclic) bond motifs is 1. The van der Waals surface area contributed by atoms with E-state index in [1.54, 1.807) is 42.7 Å². The van der Waals surface area contributed by atoms with Crippen molar-refractivity contribution in [3.63, 3.8) is 0 Å². The summed E-state index contributed by atoms with van der Waals surface area (Å²) in [4.78, 5) is 32.6. The molecule has 2 aromatic carbocycles. The number of nitrogens with zero attached hydrogens (tertiary/aromatic N) is 3. The van der Waals surface area contributed by atoms with Crippen LogP contribution in [0.4, 0.5) is 5.69 Å². The molecule has 3 aromatic rings. The molecule has 5 nitrogen and oxygen atoms in total. The molecule has 3 atom stereocenters. The van der Waals surface area contributed by atoms with Crippen molar-refractivity contribution in [1.82, 2.24) is 4.98 Å². The minimum absolute atomic E-state index is 0.299. The highest BCUT2D eigenvalue weighted by Crippen LogP contribution is 2.76. The van der Waals surface area contributed by atoms with Gasteiger partial charge in [-0.05, 0) is 60.5 Å². The third-order valence-electron chi connectivity index (χ3n) is 6.57. The van der Waals surface area contributed by atoms with Gasteiger partial charge in [0.1, 0.15) is 0 Å². The summed E-state index contributed by atoms with van der Waals surface area (Å²) >= 11 is 12.2. The number of piperidine rings is 1. The number of halogens is 2. The zero-order valence-corrected chi connectivity index (χ0v) is 17.9. The molecule has 152 valence electrons. The van der Waals surface area contributed by atoms with E-state index in [-0.39, 0.29) is 11.8 Å². The normalized spacial score (nSPS) is 26.5. The summed E-state index contributed by atoms with van der Waals surface area (Å²) in [5, 5.41) is 9.87. The van der Waals surface area contributed by atoms with E-state index in [1.165, 1.54) is 4.90 Å². The molecule has 0 N–H and O–H groups in total. The molecule has 1 saturated heterocycles. The van der Waals surface area contributed by atoms with E-state index in [4.69, 9.17) is 23.2 Å². The second-order valence-electron chi connectivity index (χ2n) is 7.97. The Morgan fingerprint density at radius 3 is 2.06 bits per heavy atom. The fourth-order valence-corrected chi connectivity index (χ4v) is 5.75. The topological polar surface area (TPSA) is 74.1 Å². The smallest absolute Gasteiger partial charge is 0.241 e. The number of hydrogen-bond acceptors (Lipinski definition) is 4. The van der Waals surface area contributed by atoms with Gasteiger partial charge in [-0.2, -0.15) is 5.26 Å². The summed E-state index contributed by atoms with van der Waals surface area (Å²) in [5.41, 5.74) is 0.702. The van der Waals surface area contributed by atoms with Crippen LogP contribution in [0, 0.1) is 22.7 Å². The number of nitriles is 1. The maximum Gasteiger partial charge on any atom is 0.241 e. The molecule has 0 bridgehead atoms. The molecule has 2 heterocycles. The van der Waals surface area contributed by atoms with E-state index in [1.807, 2.05) is 31.2 Å². The number of pyridine rings is 1. The number of carbonyl (C=O) groups excluding carboxylic acids is 2. The Labute approximate surface area is 188 Å². The van der Waals surface area contributed by atoms with Gasteiger partial charge in [-0.3, -0.25) is 14.6 Å². The van der Waals surface area contributed by atoms with Gasteiger partial charge >= 0.3 is 0 Å². The molecule has 5 rings (SSSR count). The summed E-state index contributed by atoms with van der Waals surface area (Å²) in [6, 6.07) is 17.5. The molecule has 31 heavy (non-hydrogen) atoms. The first kappa shape index (κ1) is 19.7. The molecule has 1 aliphatic carbocycles. The predicted molar refractivity (Wildman–Crippen MR) is 117 cm³/mol. The maximum atomic E-state index is 13.7.